The smallest absolute Gasteiger partial charge is 0.334 e. The van der Waals surface area contributed by atoms with Crippen LogP contribution >= 0.6 is 0 Å². The molecule has 0 rings (SSSR count). The Labute approximate surface area is 136 Å². The third-order valence-electron chi connectivity index (χ3n) is 3.67. The largest absolute Gasteiger partial charge is 0.516 e. The lowest BCUT2D eigenvalue weighted by atomic mass is 10.3. The zero-order valence-corrected chi connectivity index (χ0v) is 15.9. The van der Waals surface area contributed by atoms with Gasteiger partial charge in [0.25, 0.3) is 8.32 Å². The number of rotatable bonds is 11. The predicted octanol–water partition coefficient (Wildman–Crippen LogP) is 4.60. The lowest BCUT2D eigenvalue weighted by molar-refractivity contribution is -0.160. The van der Waals surface area contributed by atoms with Gasteiger partial charge >= 0.3 is 11.9 Å². The van der Waals surface area contributed by atoms with Crippen molar-refractivity contribution < 1.29 is 18.8 Å². The number of esters is 1. The molecule has 5 heteroatoms. The molecule has 0 saturated heterocycles. The van der Waals surface area contributed by atoms with Crippen molar-refractivity contribution in [2.75, 3.05) is 0 Å². The number of ether oxygens (including phenoxy) is 1. The monoisotopic (exact) mass is 328 g/mol. The minimum absolute atomic E-state index is 0.297. The number of carbonyl (C=O) groups excluding carboxylic acids is 2. The maximum atomic E-state index is 12.5. The second-order valence-corrected chi connectivity index (χ2v) is 10.0. The molecule has 0 radical (unpaired) electrons. The number of hydrogen-bond acceptors (Lipinski definition) is 4. The van der Waals surface area contributed by atoms with E-state index in [0.717, 1.165) is 37.4 Å². The molecular weight excluding hydrogens is 296 g/mol. The van der Waals surface area contributed by atoms with Crippen molar-refractivity contribution in [3.63, 3.8) is 0 Å². The summed E-state index contributed by atoms with van der Waals surface area (Å²) in [5.74, 6) is -0.906. The van der Waals surface area contributed by atoms with Crippen molar-refractivity contribution in [2.45, 2.75) is 84.5 Å². The summed E-state index contributed by atoms with van der Waals surface area (Å²) < 4.78 is 11.2. The SMILES string of the molecule is C=C(C)C(=O)OC(CC)C(=O)O[Si](CCC)(CCC)CCC. The van der Waals surface area contributed by atoms with Crippen LogP contribution in [0.25, 0.3) is 0 Å². The van der Waals surface area contributed by atoms with Crippen LogP contribution in [0.5, 0.6) is 0 Å². The van der Waals surface area contributed by atoms with Crippen LogP contribution in [0.4, 0.5) is 0 Å². The molecule has 128 valence electrons. The van der Waals surface area contributed by atoms with Gasteiger partial charge < -0.3 is 9.16 Å². The van der Waals surface area contributed by atoms with E-state index in [4.69, 9.17) is 9.16 Å². The summed E-state index contributed by atoms with van der Waals surface area (Å²) in [6, 6.07) is 2.93. The van der Waals surface area contributed by atoms with Crippen LogP contribution < -0.4 is 0 Å². The Morgan fingerprint density at radius 2 is 1.45 bits per heavy atom. The molecule has 0 aromatic heterocycles. The Morgan fingerprint density at radius 3 is 1.77 bits per heavy atom. The lowest BCUT2D eigenvalue weighted by Crippen LogP contribution is -2.44. The molecule has 4 nitrogen and oxygen atoms in total. The molecule has 0 spiro atoms. The predicted molar refractivity (Wildman–Crippen MR) is 92.1 cm³/mol. The van der Waals surface area contributed by atoms with Crippen molar-refractivity contribution in [3.05, 3.63) is 12.2 Å². The first kappa shape index (κ1) is 20.9. The highest BCUT2D eigenvalue weighted by atomic mass is 28.4. The second-order valence-electron chi connectivity index (χ2n) is 5.94. The molecule has 1 atom stereocenters. The Balaban J connectivity index is 5.03. The molecule has 0 aromatic carbocycles. The van der Waals surface area contributed by atoms with E-state index in [0.29, 0.717) is 12.0 Å². The number of hydrogen-bond donors (Lipinski definition) is 0. The van der Waals surface area contributed by atoms with E-state index in [1.165, 1.54) is 0 Å². The van der Waals surface area contributed by atoms with Gasteiger partial charge in [0.2, 0.25) is 0 Å². The highest BCUT2D eigenvalue weighted by Gasteiger charge is 2.38. The van der Waals surface area contributed by atoms with E-state index < -0.39 is 20.4 Å². The van der Waals surface area contributed by atoms with Crippen molar-refractivity contribution >= 4 is 20.3 Å². The molecule has 0 aliphatic carbocycles. The topological polar surface area (TPSA) is 52.6 Å². The van der Waals surface area contributed by atoms with Gasteiger partial charge in [0.15, 0.2) is 6.10 Å². The normalized spacial score (nSPS) is 12.6. The highest BCUT2D eigenvalue weighted by molar-refractivity contribution is 6.75. The highest BCUT2D eigenvalue weighted by Crippen LogP contribution is 2.28. The van der Waals surface area contributed by atoms with E-state index in [9.17, 15) is 9.59 Å². The Kier molecular flexibility index (Phi) is 10.1. The van der Waals surface area contributed by atoms with Gasteiger partial charge in [-0.3, -0.25) is 0 Å². The zero-order valence-electron chi connectivity index (χ0n) is 14.9. The van der Waals surface area contributed by atoms with Gasteiger partial charge in [-0.15, -0.1) is 0 Å². The van der Waals surface area contributed by atoms with Crippen LogP contribution in [0, 0.1) is 0 Å². The summed E-state index contributed by atoms with van der Waals surface area (Å²) in [6.45, 7) is 13.3. The van der Waals surface area contributed by atoms with E-state index >= 15 is 0 Å². The molecule has 0 N–H and O–H groups in total. The molecule has 0 heterocycles. The zero-order chi connectivity index (χ0) is 17.2. The van der Waals surface area contributed by atoms with Crippen LogP contribution in [0.15, 0.2) is 12.2 Å². The van der Waals surface area contributed by atoms with Gasteiger partial charge in [-0.2, -0.15) is 0 Å². The van der Waals surface area contributed by atoms with E-state index in [1.54, 1.807) is 6.92 Å². The molecule has 0 bridgehead atoms. The summed E-state index contributed by atoms with van der Waals surface area (Å²) in [4.78, 5) is 24.1. The Morgan fingerprint density at radius 1 is 1.00 bits per heavy atom. The first-order valence-corrected chi connectivity index (χ1v) is 11.0. The third-order valence-corrected chi connectivity index (χ3v) is 8.53. The summed E-state index contributed by atoms with van der Waals surface area (Å²) in [6.07, 6.45) is 2.65. The maximum Gasteiger partial charge on any atom is 0.334 e. The summed E-state index contributed by atoms with van der Waals surface area (Å²) in [7, 11) is -2.08. The lowest BCUT2D eigenvalue weighted by Gasteiger charge is -2.32. The van der Waals surface area contributed by atoms with E-state index in [2.05, 4.69) is 27.4 Å². The minimum atomic E-state index is -2.08. The molecule has 0 fully saturated rings. The van der Waals surface area contributed by atoms with Crippen molar-refractivity contribution in [1.82, 2.24) is 0 Å². The standard InChI is InChI=1S/C17H32O4Si/c1-7-11-22(12-8-2,13-9-3)21-17(19)15(10-4)20-16(18)14(5)6/h15H,5,7-13H2,1-4,6H3. The average molecular weight is 329 g/mol. The molecule has 1 unspecified atom stereocenters. The summed E-state index contributed by atoms with van der Waals surface area (Å²) >= 11 is 0. The molecule has 0 aliphatic heterocycles. The summed E-state index contributed by atoms with van der Waals surface area (Å²) in [5, 5.41) is 0. The fraction of sp³-hybridized carbons (Fsp3) is 0.765. The molecule has 0 aromatic rings. The fourth-order valence-electron chi connectivity index (χ4n) is 2.70. The van der Waals surface area contributed by atoms with Gasteiger partial charge in [-0.1, -0.05) is 53.5 Å². The van der Waals surface area contributed by atoms with Crippen molar-refractivity contribution in [3.8, 4) is 0 Å². The summed E-state index contributed by atoms with van der Waals surface area (Å²) in [5.41, 5.74) is 0.297. The molecule has 0 aliphatic rings. The molecular formula is C17H32O4Si. The second kappa shape index (κ2) is 10.6. The number of carbonyl (C=O) groups is 2. The van der Waals surface area contributed by atoms with Gasteiger partial charge in [0.05, 0.1) is 0 Å². The van der Waals surface area contributed by atoms with Gasteiger partial charge in [-0.25, -0.2) is 9.59 Å². The molecule has 22 heavy (non-hydrogen) atoms. The van der Waals surface area contributed by atoms with Crippen LogP contribution in [0.1, 0.15) is 60.3 Å². The van der Waals surface area contributed by atoms with Crippen LogP contribution in [0.3, 0.4) is 0 Å². The van der Waals surface area contributed by atoms with E-state index in [1.807, 2.05) is 6.92 Å². The van der Waals surface area contributed by atoms with Crippen LogP contribution in [-0.2, 0) is 18.8 Å². The van der Waals surface area contributed by atoms with Crippen LogP contribution in [0.2, 0.25) is 18.1 Å². The first-order valence-electron chi connectivity index (χ1n) is 8.45. The molecule has 0 amide bonds. The third kappa shape index (κ3) is 6.77. The maximum absolute atomic E-state index is 12.5. The van der Waals surface area contributed by atoms with Crippen molar-refractivity contribution in [1.29, 1.82) is 0 Å². The Bertz CT molecular complexity index is 362. The van der Waals surface area contributed by atoms with Crippen molar-refractivity contribution in [2.24, 2.45) is 0 Å². The fourth-order valence-corrected chi connectivity index (χ4v) is 7.05. The van der Waals surface area contributed by atoms with Gasteiger partial charge in [0, 0.05) is 5.57 Å². The van der Waals surface area contributed by atoms with Crippen LogP contribution in [-0.4, -0.2) is 26.4 Å². The molecule has 0 saturated carbocycles. The first-order chi connectivity index (χ1) is 10.4. The Hall–Kier alpha value is -1.10. The van der Waals surface area contributed by atoms with Gasteiger partial charge in [-0.05, 0) is 31.5 Å². The van der Waals surface area contributed by atoms with Gasteiger partial charge in [0.1, 0.15) is 0 Å². The average Bonchev–Trinajstić information content (AvgIpc) is 2.44. The minimum Gasteiger partial charge on any atom is -0.516 e. The van der Waals surface area contributed by atoms with E-state index in [-0.39, 0.29) is 5.97 Å². The quantitative estimate of drug-likeness (QED) is 0.316.